The zero-order chi connectivity index (χ0) is 18.7. The summed E-state index contributed by atoms with van der Waals surface area (Å²) in [6, 6.07) is 11.4. The number of para-hydroxylation sites is 1. The molecule has 3 rings (SSSR count). The van der Waals surface area contributed by atoms with E-state index in [-0.39, 0.29) is 5.91 Å². The van der Waals surface area contributed by atoms with E-state index >= 15 is 0 Å². The Labute approximate surface area is 153 Å². The molecule has 136 valence electrons. The van der Waals surface area contributed by atoms with E-state index in [2.05, 4.69) is 11.9 Å². The highest BCUT2D eigenvalue weighted by molar-refractivity contribution is 7.99. The van der Waals surface area contributed by atoms with Crippen LogP contribution >= 0.6 is 11.8 Å². The molecule has 1 heterocycles. The Balaban J connectivity index is 1.89. The van der Waals surface area contributed by atoms with Crippen LogP contribution in [-0.4, -0.2) is 19.0 Å². The molecule has 26 heavy (non-hydrogen) atoms. The molecule has 0 radical (unpaired) electrons. The molecule has 0 fully saturated rings. The van der Waals surface area contributed by atoms with E-state index in [4.69, 9.17) is 0 Å². The Morgan fingerprint density at radius 2 is 1.88 bits per heavy atom. The Morgan fingerprint density at radius 3 is 2.62 bits per heavy atom. The van der Waals surface area contributed by atoms with Gasteiger partial charge in [0.15, 0.2) is 0 Å². The first-order chi connectivity index (χ1) is 12.4. The third-order valence-electron chi connectivity index (χ3n) is 4.00. The van der Waals surface area contributed by atoms with Crippen molar-refractivity contribution >= 4 is 29.0 Å². The van der Waals surface area contributed by atoms with Crippen LogP contribution in [0.15, 0.2) is 64.9 Å². The van der Waals surface area contributed by atoms with E-state index in [1.165, 1.54) is 30.0 Å². The van der Waals surface area contributed by atoms with Gasteiger partial charge in [0.1, 0.15) is 0 Å². The molecular weight excluding hydrogens is 361 g/mol. The third-order valence-corrected chi connectivity index (χ3v) is 5.13. The second kappa shape index (κ2) is 7.45. The van der Waals surface area contributed by atoms with E-state index in [0.717, 1.165) is 21.5 Å². The lowest BCUT2D eigenvalue weighted by Crippen LogP contribution is -2.28. The first kappa shape index (κ1) is 18.4. The van der Waals surface area contributed by atoms with Crippen LogP contribution in [-0.2, 0) is 11.0 Å². The molecule has 0 aromatic heterocycles. The fraction of sp³-hybridized carbons (Fsp3) is 0.211. The van der Waals surface area contributed by atoms with E-state index in [9.17, 15) is 18.0 Å². The first-order valence-electron chi connectivity index (χ1n) is 8.06. The minimum atomic E-state index is -4.39. The van der Waals surface area contributed by atoms with Gasteiger partial charge in [0.2, 0.25) is 5.91 Å². The number of amides is 1. The summed E-state index contributed by atoms with van der Waals surface area (Å²) in [5.41, 5.74) is 0.749. The number of fused-ring (bicyclic) bond motifs is 2. The molecule has 1 N–H and O–H groups in total. The van der Waals surface area contributed by atoms with Crippen LogP contribution in [0.4, 0.5) is 24.5 Å². The summed E-state index contributed by atoms with van der Waals surface area (Å²) in [7, 11) is 0. The molecule has 2 aromatic carbocycles. The van der Waals surface area contributed by atoms with Gasteiger partial charge in [-0.15, -0.1) is 0 Å². The largest absolute Gasteiger partial charge is 0.416 e. The molecule has 3 nitrogen and oxygen atoms in total. The topological polar surface area (TPSA) is 32.3 Å². The maximum atomic E-state index is 13.1. The molecular formula is C19H17F3N2OS. The number of alkyl halides is 3. The Hall–Kier alpha value is -2.41. The van der Waals surface area contributed by atoms with Crippen molar-refractivity contribution in [2.45, 2.75) is 22.4 Å². The lowest BCUT2D eigenvalue weighted by atomic mass is 10.1. The Bertz CT molecular complexity index is 836. The van der Waals surface area contributed by atoms with Crippen LogP contribution in [0.5, 0.6) is 0 Å². The SMILES string of the molecule is C=CC(=O)NCCCN1c2ccccc2Sc2ccc(C(F)(F)F)cc21. The highest BCUT2D eigenvalue weighted by atomic mass is 32.2. The number of carbonyl (C=O) groups is 1. The molecule has 0 saturated heterocycles. The summed E-state index contributed by atoms with van der Waals surface area (Å²) in [4.78, 5) is 14.9. The summed E-state index contributed by atoms with van der Waals surface area (Å²) in [5, 5.41) is 2.69. The number of rotatable bonds is 5. The molecule has 0 bridgehead atoms. The summed E-state index contributed by atoms with van der Waals surface area (Å²) in [5.74, 6) is -0.264. The predicted molar refractivity (Wildman–Crippen MR) is 96.8 cm³/mol. The minimum Gasteiger partial charge on any atom is -0.353 e. The van der Waals surface area contributed by atoms with Crippen molar-refractivity contribution in [1.29, 1.82) is 0 Å². The Morgan fingerprint density at radius 1 is 1.15 bits per heavy atom. The van der Waals surface area contributed by atoms with Crippen molar-refractivity contribution in [2.75, 3.05) is 18.0 Å². The van der Waals surface area contributed by atoms with Gasteiger partial charge in [0.05, 0.1) is 16.9 Å². The molecule has 0 spiro atoms. The molecule has 0 saturated carbocycles. The highest BCUT2D eigenvalue weighted by Crippen LogP contribution is 2.49. The van der Waals surface area contributed by atoms with Crippen molar-refractivity contribution in [3.05, 3.63) is 60.7 Å². The minimum absolute atomic E-state index is 0.264. The predicted octanol–water partition coefficient (Wildman–Crippen LogP) is 5.00. The van der Waals surface area contributed by atoms with Gasteiger partial charge in [-0.05, 0) is 42.8 Å². The van der Waals surface area contributed by atoms with Crippen LogP contribution in [0, 0.1) is 0 Å². The van der Waals surface area contributed by atoms with Crippen LogP contribution < -0.4 is 10.2 Å². The number of hydrogen-bond donors (Lipinski definition) is 1. The van der Waals surface area contributed by atoms with Crippen molar-refractivity contribution in [3.63, 3.8) is 0 Å². The van der Waals surface area contributed by atoms with E-state index in [0.29, 0.717) is 25.2 Å². The number of benzene rings is 2. The Kier molecular flexibility index (Phi) is 5.27. The number of hydrogen-bond acceptors (Lipinski definition) is 3. The average molecular weight is 378 g/mol. The van der Waals surface area contributed by atoms with Crippen molar-refractivity contribution < 1.29 is 18.0 Å². The monoisotopic (exact) mass is 378 g/mol. The van der Waals surface area contributed by atoms with Crippen molar-refractivity contribution in [2.24, 2.45) is 0 Å². The van der Waals surface area contributed by atoms with Gasteiger partial charge in [-0.1, -0.05) is 30.5 Å². The number of halogens is 3. The van der Waals surface area contributed by atoms with Gasteiger partial charge in [-0.3, -0.25) is 4.79 Å². The van der Waals surface area contributed by atoms with Gasteiger partial charge < -0.3 is 10.2 Å². The second-order valence-electron chi connectivity index (χ2n) is 5.75. The fourth-order valence-electron chi connectivity index (χ4n) is 2.77. The van der Waals surface area contributed by atoms with Gasteiger partial charge in [-0.25, -0.2) is 0 Å². The molecule has 1 aliphatic heterocycles. The molecule has 2 aromatic rings. The summed E-state index contributed by atoms with van der Waals surface area (Å²) in [6.07, 6.45) is -2.60. The smallest absolute Gasteiger partial charge is 0.353 e. The maximum absolute atomic E-state index is 13.1. The summed E-state index contributed by atoms with van der Waals surface area (Å²) >= 11 is 1.46. The lowest BCUT2D eigenvalue weighted by molar-refractivity contribution is -0.137. The maximum Gasteiger partial charge on any atom is 0.416 e. The van der Waals surface area contributed by atoms with Crippen molar-refractivity contribution in [3.8, 4) is 0 Å². The first-order valence-corrected chi connectivity index (χ1v) is 8.88. The number of nitrogens with one attached hydrogen (secondary N) is 1. The van der Waals surface area contributed by atoms with E-state index in [1.807, 2.05) is 29.2 Å². The number of nitrogens with zero attached hydrogens (tertiary/aromatic N) is 1. The van der Waals surface area contributed by atoms with Crippen molar-refractivity contribution in [1.82, 2.24) is 5.32 Å². The average Bonchev–Trinajstić information content (AvgIpc) is 2.62. The van der Waals surface area contributed by atoms with Gasteiger partial charge in [0, 0.05) is 22.9 Å². The number of carbonyl (C=O) groups excluding carboxylic acids is 1. The van der Waals surface area contributed by atoms with Gasteiger partial charge >= 0.3 is 6.18 Å². The number of anilines is 2. The molecule has 0 unspecified atom stereocenters. The fourth-order valence-corrected chi connectivity index (χ4v) is 3.84. The third kappa shape index (κ3) is 3.88. The second-order valence-corrected chi connectivity index (χ2v) is 6.83. The lowest BCUT2D eigenvalue weighted by Gasteiger charge is -2.33. The van der Waals surface area contributed by atoms with Gasteiger partial charge in [0.25, 0.3) is 0 Å². The standard InChI is InChI=1S/C19H17F3N2OS/c1-2-18(25)23-10-5-11-24-14-6-3-4-7-16(14)26-17-9-8-13(12-15(17)24)19(20,21)22/h2-4,6-9,12H,1,5,10-11H2,(H,23,25). The quantitative estimate of drug-likeness (QED) is 0.587. The summed E-state index contributed by atoms with van der Waals surface area (Å²) < 4.78 is 39.4. The van der Waals surface area contributed by atoms with Crippen LogP contribution in [0.25, 0.3) is 0 Å². The van der Waals surface area contributed by atoms with Crippen LogP contribution in [0.1, 0.15) is 12.0 Å². The molecule has 0 aliphatic carbocycles. The van der Waals surface area contributed by atoms with E-state index in [1.54, 1.807) is 0 Å². The molecule has 1 amide bonds. The summed E-state index contributed by atoms with van der Waals surface area (Å²) in [6.45, 7) is 4.30. The van der Waals surface area contributed by atoms with Crippen LogP contribution in [0.3, 0.4) is 0 Å². The normalized spacial score (nSPS) is 13.0. The van der Waals surface area contributed by atoms with Crippen LogP contribution in [0.2, 0.25) is 0 Å². The molecule has 7 heteroatoms. The molecule has 1 aliphatic rings. The van der Waals surface area contributed by atoms with E-state index < -0.39 is 11.7 Å². The molecule has 0 atom stereocenters. The zero-order valence-electron chi connectivity index (χ0n) is 13.8. The zero-order valence-corrected chi connectivity index (χ0v) is 14.7. The highest BCUT2D eigenvalue weighted by Gasteiger charge is 2.33. The van der Waals surface area contributed by atoms with Gasteiger partial charge in [-0.2, -0.15) is 13.2 Å².